The molecule has 0 aromatic heterocycles. The SMILES string of the molecule is COc1cc(N=P(c2ccccc2)(c2ccccc2)c2ccccc2)ccc1N=P(c1ccccc1)(c1ccccc1)c1ccccc1. The van der Waals surface area contributed by atoms with Crippen LogP contribution in [0.5, 0.6) is 5.75 Å². The molecule has 0 aliphatic rings. The summed E-state index contributed by atoms with van der Waals surface area (Å²) in [6, 6.07) is 70.3. The van der Waals surface area contributed by atoms with E-state index >= 15 is 0 Å². The Hall–Kier alpha value is -5.20. The Labute approximate surface area is 283 Å². The van der Waals surface area contributed by atoms with Crippen LogP contribution in [-0.2, 0) is 0 Å². The van der Waals surface area contributed by atoms with E-state index < -0.39 is 14.1 Å². The molecule has 0 spiro atoms. The molecule has 0 heterocycles. The van der Waals surface area contributed by atoms with E-state index in [4.69, 9.17) is 14.2 Å². The first-order chi connectivity index (χ1) is 23.7. The van der Waals surface area contributed by atoms with Crippen molar-refractivity contribution in [2.24, 2.45) is 9.49 Å². The third kappa shape index (κ3) is 6.00. The Morgan fingerprint density at radius 3 is 0.938 bits per heavy atom. The lowest BCUT2D eigenvalue weighted by Crippen LogP contribution is -2.25. The molecule has 0 amide bonds. The van der Waals surface area contributed by atoms with Gasteiger partial charge >= 0.3 is 0 Å². The number of rotatable bonds is 9. The molecular weight excluding hydrogens is 622 g/mol. The topological polar surface area (TPSA) is 34.0 Å². The zero-order valence-corrected chi connectivity index (χ0v) is 28.5. The summed E-state index contributed by atoms with van der Waals surface area (Å²) in [7, 11) is -3.23. The molecule has 0 unspecified atom stereocenters. The summed E-state index contributed by atoms with van der Waals surface area (Å²) in [5.74, 6) is 0.690. The minimum Gasteiger partial charge on any atom is -0.494 e. The minimum atomic E-state index is -2.49. The molecule has 234 valence electrons. The molecule has 7 aromatic carbocycles. The molecule has 0 saturated heterocycles. The molecule has 48 heavy (non-hydrogen) atoms. The number of benzene rings is 7. The van der Waals surface area contributed by atoms with Crippen LogP contribution in [0.4, 0.5) is 11.4 Å². The van der Waals surface area contributed by atoms with Gasteiger partial charge in [-0.3, -0.25) is 4.74 Å². The lowest BCUT2D eigenvalue weighted by Gasteiger charge is -2.28. The van der Waals surface area contributed by atoms with Gasteiger partial charge in [-0.25, -0.2) is 4.74 Å². The van der Waals surface area contributed by atoms with Gasteiger partial charge in [-0.1, -0.05) is 182 Å². The van der Waals surface area contributed by atoms with Gasteiger partial charge in [0.15, 0.2) is 0 Å². The van der Waals surface area contributed by atoms with E-state index in [0.717, 1.165) is 11.4 Å². The summed E-state index contributed by atoms with van der Waals surface area (Å²) >= 11 is 0. The molecule has 7 aromatic rings. The molecule has 0 fully saturated rings. The van der Waals surface area contributed by atoms with Crippen molar-refractivity contribution in [2.75, 3.05) is 7.11 Å². The normalized spacial score (nSPS) is 11.4. The highest BCUT2D eigenvalue weighted by molar-refractivity contribution is 7.88. The van der Waals surface area contributed by atoms with E-state index in [2.05, 4.69) is 200 Å². The van der Waals surface area contributed by atoms with Crippen LogP contribution < -0.4 is 36.6 Å². The molecule has 0 N–H and O–H groups in total. The van der Waals surface area contributed by atoms with Crippen molar-refractivity contribution >= 4 is 57.3 Å². The molecule has 5 heteroatoms. The Kier molecular flexibility index (Phi) is 9.34. The molecule has 3 nitrogen and oxygen atoms in total. The van der Waals surface area contributed by atoms with Crippen molar-refractivity contribution in [1.29, 1.82) is 0 Å². The van der Waals surface area contributed by atoms with Crippen LogP contribution in [0, 0.1) is 0 Å². The van der Waals surface area contributed by atoms with Crippen molar-refractivity contribution in [3.05, 3.63) is 200 Å². The zero-order chi connectivity index (χ0) is 32.7. The predicted molar refractivity (Wildman–Crippen MR) is 207 cm³/mol. The molecule has 7 rings (SSSR count). The number of methoxy groups -OCH3 is 1. The Balaban J connectivity index is 1.51. The Morgan fingerprint density at radius 2 is 0.646 bits per heavy atom. The van der Waals surface area contributed by atoms with Gasteiger partial charge in [0.2, 0.25) is 0 Å². The predicted octanol–water partition coefficient (Wildman–Crippen LogP) is 9.31. The summed E-state index contributed by atoms with van der Waals surface area (Å²) in [6.07, 6.45) is 0. The molecule has 0 saturated carbocycles. The fraction of sp³-hybridized carbons (Fsp3) is 0.0233. The van der Waals surface area contributed by atoms with Gasteiger partial charge in [-0.05, 0) is 12.1 Å². The Bertz CT molecular complexity index is 2000. The van der Waals surface area contributed by atoms with Gasteiger partial charge in [0.1, 0.15) is 11.4 Å². The van der Waals surface area contributed by atoms with Gasteiger partial charge < -0.3 is 4.74 Å². The fourth-order valence-corrected chi connectivity index (χ4v) is 13.3. The molecule has 0 radical (unpaired) electrons. The largest absolute Gasteiger partial charge is 0.494 e. The van der Waals surface area contributed by atoms with Gasteiger partial charge in [0.25, 0.3) is 0 Å². The average Bonchev–Trinajstić information content (AvgIpc) is 3.18. The standard InChI is InChI=1S/C43H36N2OP2/c1-46-43-34-35(44-47(36-20-8-2-9-21-36,37-22-10-3-11-23-37)38-24-12-4-13-25-38)32-33-42(43)45-48(39-26-14-5-15-27-39,40-28-16-6-17-29-40)41-30-18-7-19-31-41/h2-34H,1H3. The number of nitrogens with zero attached hydrogens (tertiary/aromatic N) is 2. The molecule has 0 bridgehead atoms. The smallest absolute Gasteiger partial charge is 0.146 e. The monoisotopic (exact) mass is 658 g/mol. The first kappa shape index (κ1) is 31.4. The van der Waals surface area contributed by atoms with Crippen LogP contribution in [0.15, 0.2) is 210 Å². The van der Waals surface area contributed by atoms with Crippen molar-refractivity contribution in [3.8, 4) is 5.75 Å². The average molecular weight is 659 g/mol. The van der Waals surface area contributed by atoms with Gasteiger partial charge in [-0.2, -0.15) is 0 Å². The lowest BCUT2D eigenvalue weighted by molar-refractivity contribution is 0.416. The molecule has 0 atom stereocenters. The maximum atomic E-state index is 6.15. The second-order valence-electron chi connectivity index (χ2n) is 11.3. The van der Waals surface area contributed by atoms with Gasteiger partial charge in [-0.15, -0.1) is 0 Å². The van der Waals surface area contributed by atoms with Crippen molar-refractivity contribution in [3.63, 3.8) is 0 Å². The first-order valence-corrected chi connectivity index (χ1v) is 19.5. The number of hydrogen-bond donors (Lipinski definition) is 0. The van der Waals surface area contributed by atoms with E-state index in [1.807, 2.05) is 0 Å². The van der Waals surface area contributed by atoms with E-state index in [1.54, 1.807) is 7.11 Å². The van der Waals surface area contributed by atoms with Gasteiger partial charge in [0, 0.05) is 37.9 Å². The summed E-state index contributed by atoms with van der Waals surface area (Å²) in [5.41, 5.74) is 1.64. The summed E-state index contributed by atoms with van der Waals surface area (Å²) < 4.78 is 17.6. The van der Waals surface area contributed by atoms with Crippen LogP contribution in [0.25, 0.3) is 0 Å². The van der Waals surface area contributed by atoms with Crippen LogP contribution in [0.3, 0.4) is 0 Å². The van der Waals surface area contributed by atoms with Crippen LogP contribution in [0.1, 0.15) is 0 Å². The molecule has 0 aliphatic heterocycles. The maximum absolute atomic E-state index is 6.15. The van der Waals surface area contributed by atoms with Gasteiger partial charge in [0.05, 0.1) is 26.9 Å². The molecule has 0 aliphatic carbocycles. The highest BCUT2D eigenvalue weighted by Gasteiger charge is 2.29. The summed E-state index contributed by atoms with van der Waals surface area (Å²) in [4.78, 5) is 0. The number of ether oxygens (including phenoxy) is 1. The van der Waals surface area contributed by atoms with E-state index in [0.29, 0.717) is 5.75 Å². The molecular formula is C43H36N2OP2. The second-order valence-corrected chi connectivity index (χ2v) is 17.4. The third-order valence-electron chi connectivity index (χ3n) is 8.47. The maximum Gasteiger partial charge on any atom is 0.146 e. The summed E-state index contributed by atoms with van der Waals surface area (Å²) in [6.45, 7) is 0. The zero-order valence-electron chi connectivity index (χ0n) is 26.7. The Morgan fingerprint density at radius 1 is 0.354 bits per heavy atom. The van der Waals surface area contributed by atoms with Crippen LogP contribution >= 0.6 is 14.1 Å². The van der Waals surface area contributed by atoms with Crippen LogP contribution in [0.2, 0.25) is 0 Å². The van der Waals surface area contributed by atoms with E-state index in [9.17, 15) is 0 Å². The van der Waals surface area contributed by atoms with Crippen LogP contribution in [-0.4, -0.2) is 7.11 Å². The second kappa shape index (κ2) is 14.3. The fourth-order valence-electron chi connectivity index (χ4n) is 6.25. The van der Waals surface area contributed by atoms with Crippen molar-refractivity contribution in [1.82, 2.24) is 0 Å². The summed E-state index contributed by atoms with van der Waals surface area (Å²) in [5, 5.41) is 7.12. The van der Waals surface area contributed by atoms with Crippen molar-refractivity contribution < 1.29 is 4.74 Å². The highest BCUT2D eigenvalue weighted by atomic mass is 31.2. The first-order valence-electron chi connectivity index (χ1n) is 16.0. The number of hydrogen-bond acceptors (Lipinski definition) is 3. The quantitative estimate of drug-likeness (QED) is 0.142. The highest BCUT2D eigenvalue weighted by Crippen LogP contribution is 2.53. The third-order valence-corrected chi connectivity index (χ3v) is 15.8. The van der Waals surface area contributed by atoms with Crippen molar-refractivity contribution in [2.45, 2.75) is 0 Å². The lowest BCUT2D eigenvalue weighted by atomic mass is 10.2. The van der Waals surface area contributed by atoms with E-state index in [-0.39, 0.29) is 0 Å². The van der Waals surface area contributed by atoms with E-state index in [1.165, 1.54) is 31.8 Å². The minimum absolute atomic E-state index is 0.690.